The van der Waals surface area contributed by atoms with Crippen LogP contribution in [-0.4, -0.2) is 44.1 Å². The molecule has 1 N–H and O–H groups in total. The standard InChI is InChI=1S/C26H23N3O4S/c1-15-3-9-19(10-4-15)34(31,32)29-14-17-11-12-27-23-21(17)25(29)26(30)24-22(23)20(13-28-24)16-5-7-18(33-2)8-6-16/h3-10,14,20,27H,11-13H2,1-2H3. The molecule has 3 aromatic rings. The van der Waals surface area contributed by atoms with Crippen LogP contribution in [0.5, 0.6) is 5.75 Å². The van der Waals surface area contributed by atoms with Crippen LogP contribution < -0.4 is 10.1 Å². The van der Waals surface area contributed by atoms with E-state index in [2.05, 4.69) is 10.3 Å². The fraction of sp³-hybridized carbons (Fsp3) is 0.231. The SMILES string of the molecule is COc1ccc(C2CN=C3C(=O)c4c5c(cn4S(=O)(=O)c4ccc(C)cc4)CCNC5=C32)cc1. The second kappa shape index (κ2) is 7.43. The Morgan fingerprint density at radius 2 is 1.82 bits per heavy atom. The highest BCUT2D eigenvalue weighted by Gasteiger charge is 2.44. The van der Waals surface area contributed by atoms with E-state index in [0.29, 0.717) is 30.8 Å². The van der Waals surface area contributed by atoms with E-state index >= 15 is 0 Å². The first-order valence-electron chi connectivity index (χ1n) is 11.2. The summed E-state index contributed by atoms with van der Waals surface area (Å²) in [5.74, 6) is 0.345. The number of aryl methyl sites for hydroxylation is 1. The van der Waals surface area contributed by atoms with Crippen LogP contribution in [-0.2, 0) is 16.4 Å². The summed E-state index contributed by atoms with van der Waals surface area (Å²) in [4.78, 5) is 18.5. The van der Waals surface area contributed by atoms with Crippen molar-refractivity contribution in [3.8, 4) is 5.75 Å². The van der Waals surface area contributed by atoms with Crippen LogP contribution in [0.3, 0.4) is 0 Å². The third-order valence-corrected chi connectivity index (χ3v) is 8.50. The molecule has 8 heteroatoms. The molecule has 0 bridgehead atoms. The van der Waals surface area contributed by atoms with Gasteiger partial charge in [-0.2, -0.15) is 0 Å². The molecule has 34 heavy (non-hydrogen) atoms. The molecule has 7 nitrogen and oxygen atoms in total. The van der Waals surface area contributed by atoms with Crippen molar-refractivity contribution in [3.05, 3.63) is 88.2 Å². The van der Waals surface area contributed by atoms with Gasteiger partial charge in [0.1, 0.15) is 17.2 Å². The van der Waals surface area contributed by atoms with Crippen LogP contribution in [0.25, 0.3) is 5.70 Å². The fourth-order valence-corrected chi connectivity index (χ4v) is 6.49. The van der Waals surface area contributed by atoms with Crippen molar-refractivity contribution in [1.82, 2.24) is 9.29 Å². The van der Waals surface area contributed by atoms with Crippen molar-refractivity contribution in [1.29, 1.82) is 0 Å². The number of methoxy groups -OCH3 is 1. The first-order chi connectivity index (χ1) is 16.4. The number of Topliss-reactive ketones (excluding diaryl/α,β-unsaturated/α-hetero) is 1. The Hall–Kier alpha value is -3.65. The summed E-state index contributed by atoms with van der Waals surface area (Å²) in [6, 6.07) is 14.5. The molecule has 3 heterocycles. The predicted octanol–water partition coefficient (Wildman–Crippen LogP) is 3.33. The van der Waals surface area contributed by atoms with Crippen LogP contribution in [0.15, 0.2) is 70.2 Å². The number of hydrogen-bond acceptors (Lipinski definition) is 6. The van der Waals surface area contributed by atoms with Crippen molar-refractivity contribution in [2.45, 2.75) is 24.2 Å². The van der Waals surface area contributed by atoms with Gasteiger partial charge in [-0.05, 0) is 48.7 Å². The molecular weight excluding hydrogens is 450 g/mol. The van der Waals surface area contributed by atoms with Crippen molar-refractivity contribution < 1.29 is 17.9 Å². The van der Waals surface area contributed by atoms with Gasteiger partial charge in [-0.3, -0.25) is 9.79 Å². The molecule has 1 aliphatic carbocycles. The fourth-order valence-electron chi connectivity index (χ4n) is 5.10. The Kier molecular flexibility index (Phi) is 4.57. The Labute approximate surface area is 197 Å². The maximum Gasteiger partial charge on any atom is 0.268 e. The average Bonchev–Trinajstić information content (AvgIpc) is 3.47. The van der Waals surface area contributed by atoms with Gasteiger partial charge in [-0.1, -0.05) is 29.8 Å². The number of rotatable bonds is 4. The predicted molar refractivity (Wildman–Crippen MR) is 129 cm³/mol. The van der Waals surface area contributed by atoms with Crippen LogP contribution in [0.2, 0.25) is 0 Å². The molecule has 3 aliphatic rings. The first-order valence-corrected chi connectivity index (χ1v) is 12.6. The summed E-state index contributed by atoms with van der Waals surface area (Å²) in [6.45, 7) is 3.01. The molecule has 1 aromatic heterocycles. The first kappa shape index (κ1) is 20.9. The van der Waals surface area contributed by atoms with Crippen LogP contribution in [0, 0.1) is 6.92 Å². The van der Waals surface area contributed by atoms with Gasteiger partial charge in [-0.25, -0.2) is 12.4 Å². The summed E-state index contributed by atoms with van der Waals surface area (Å²) in [7, 11) is -2.32. The number of fused-ring (bicyclic) bond motifs is 1. The molecule has 0 saturated heterocycles. The number of carbonyl (C=O) groups excluding carboxylic acids is 1. The Morgan fingerprint density at radius 1 is 1.09 bits per heavy atom. The third-order valence-electron chi connectivity index (χ3n) is 6.83. The van der Waals surface area contributed by atoms with Gasteiger partial charge in [0.15, 0.2) is 0 Å². The molecule has 6 rings (SSSR count). The van der Waals surface area contributed by atoms with Crippen LogP contribution >= 0.6 is 0 Å². The van der Waals surface area contributed by atoms with Gasteiger partial charge >= 0.3 is 0 Å². The molecule has 2 aliphatic heterocycles. The molecule has 0 fully saturated rings. The van der Waals surface area contributed by atoms with Gasteiger partial charge in [0.25, 0.3) is 10.0 Å². The highest BCUT2D eigenvalue weighted by atomic mass is 32.2. The lowest BCUT2D eigenvalue weighted by Crippen LogP contribution is -2.34. The minimum Gasteiger partial charge on any atom is -0.497 e. The highest BCUT2D eigenvalue weighted by Crippen LogP contribution is 2.44. The molecule has 172 valence electrons. The average molecular weight is 474 g/mol. The van der Waals surface area contributed by atoms with Gasteiger partial charge in [-0.15, -0.1) is 0 Å². The van der Waals surface area contributed by atoms with Gasteiger partial charge in [0, 0.05) is 29.8 Å². The van der Waals surface area contributed by atoms with Crippen molar-refractivity contribution in [2.24, 2.45) is 4.99 Å². The molecular formula is C26H23N3O4S. The lowest BCUT2D eigenvalue weighted by atomic mass is 9.80. The van der Waals surface area contributed by atoms with E-state index < -0.39 is 10.0 Å². The van der Waals surface area contributed by atoms with Gasteiger partial charge in [0.05, 0.1) is 24.2 Å². The van der Waals surface area contributed by atoms with E-state index in [-0.39, 0.29) is 22.3 Å². The zero-order chi connectivity index (χ0) is 23.6. The lowest BCUT2D eigenvalue weighted by molar-refractivity contribution is 0.106. The second-order valence-electron chi connectivity index (χ2n) is 8.80. The zero-order valence-electron chi connectivity index (χ0n) is 18.8. The minimum atomic E-state index is -3.94. The smallest absolute Gasteiger partial charge is 0.268 e. The van der Waals surface area contributed by atoms with Gasteiger partial charge < -0.3 is 10.1 Å². The number of carbonyl (C=O) groups is 1. The number of ketones is 1. The summed E-state index contributed by atoms with van der Waals surface area (Å²) in [5.41, 5.74) is 5.77. The molecule has 0 radical (unpaired) electrons. The van der Waals surface area contributed by atoms with E-state index in [4.69, 9.17) is 4.74 Å². The van der Waals surface area contributed by atoms with E-state index in [1.165, 1.54) is 0 Å². The largest absolute Gasteiger partial charge is 0.497 e. The number of nitrogens with one attached hydrogen (secondary N) is 1. The van der Waals surface area contributed by atoms with Crippen molar-refractivity contribution in [3.63, 3.8) is 0 Å². The van der Waals surface area contributed by atoms with Crippen molar-refractivity contribution >= 4 is 27.2 Å². The topological polar surface area (TPSA) is 89.8 Å². The summed E-state index contributed by atoms with van der Waals surface area (Å²) < 4.78 is 33.6. The molecule has 0 spiro atoms. The van der Waals surface area contributed by atoms with E-state index in [1.54, 1.807) is 37.6 Å². The third kappa shape index (κ3) is 2.91. The van der Waals surface area contributed by atoms with E-state index in [9.17, 15) is 13.2 Å². The number of ether oxygens (including phenoxy) is 1. The minimum absolute atomic E-state index is 0.0801. The molecule has 1 unspecified atom stereocenters. The Morgan fingerprint density at radius 3 is 2.53 bits per heavy atom. The molecule has 0 saturated carbocycles. The van der Waals surface area contributed by atoms with Crippen molar-refractivity contribution in [2.75, 3.05) is 20.2 Å². The summed E-state index contributed by atoms with van der Waals surface area (Å²) >= 11 is 0. The molecule has 2 aromatic carbocycles. The lowest BCUT2D eigenvalue weighted by Gasteiger charge is -2.28. The number of benzene rings is 2. The van der Waals surface area contributed by atoms with Crippen LogP contribution in [0.1, 0.15) is 38.7 Å². The highest BCUT2D eigenvalue weighted by molar-refractivity contribution is 7.90. The van der Waals surface area contributed by atoms with E-state index in [1.807, 2.05) is 31.2 Å². The quantitative estimate of drug-likeness (QED) is 0.628. The number of aromatic nitrogens is 1. The Bertz CT molecular complexity index is 1510. The molecule has 1 atom stereocenters. The summed E-state index contributed by atoms with van der Waals surface area (Å²) in [6.07, 6.45) is 2.26. The monoisotopic (exact) mass is 473 g/mol. The number of hydrogen-bond donors (Lipinski definition) is 1. The normalized spacial score (nSPS) is 18.8. The van der Waals surface area contributed by atoms with Gasteiger partial charge in [0.2, 0.25) is 5.78 Å². The summed E-state index contributed by atoms with van der Waals surface area (Å²) in [5, 5.41) is 3.46. The Balaban J connectivity index is 1.54. The maximum atomic E-state index is 13.7. The maximum absolute atomic E-state index is 13.7. The molecule has 0 amide bonds. The second-order valence-corrected chi connectivity index (χ2v) is 10.6. The van der Waals surface area contributed by atoms with Crippen LogP contribution in [0.4, 0.5) is 0 Å². The number of nitrogens with zero attached hydrogens (tertiary/aromatic N) is 2. The number of aliphatic imine (C=N–C) groups is 1. The van der Waals surface area contributed by atoms with E-state index in [0.717, 1.165) is 37.7 Å². The zero-order valence-corrected chi connectivity index (χ0v) is 19.6.